The average Bonchev–Trinajstić information content (AvgIpc) is 2.79. The molecule has 1 aromatic heterocycles. The summed E-state index contributed by atoms with van der Waals surface area (Å²) in [5.74, 6) is -1.37. The zero-order chi connectivity index (χ0) is 14.0. The molecule has 1 atom stereocenters. The van der Waals surface area contributed by atoms with Crippen molar-refractivity contribution >= 4 is 29.0 Å². The Morgan fingerprint density at radius 3 is 2.42 bits per heavy atom. The van der Waals surface area contributed by atoms with E-state index in [2.05, 4.69) is 0 Å². The third-order valence-corrected chi connectivity index (χ3v) is 3.42. The van der Waals surface area contributed by atoms with Crippen molar-refractivity contribution < 1.29 is 9.21 Å². The van der Waals surface area contributed by atoms with Gasteiger partial charge in [0.05, 0.1) is 12.3 Å². The van der Waals surface area contributed by atoms with Crippen LogP contribution in [0.1, 0.15) is 27.6 Å². The molecular formula is C14H9Cl2NO2. The summed E-state index contributed by atoms with van der Waals surface area (Å²) in [6.45, 7) is 1.74. The van der Waals surface area contributed by atoms with Crippen LogP contribution in [0.25, 0.3) is 0 Å². The summed E-state index contributed by atoms with van der Waals surface area (Å²) in [4.78, 5) is 12.3. The molecule has 1 unspecified atom stereocenters. The summed E-state index contributed by atoms with van der Waals surface area (Å²) < 4.78 is 5.12. The van der Waals surface area contributed by atoms with Gasteiger partial charge in [0.15, 0.2) is 5.76 Å². The number of hydrogen-bond donors (Lipinski definition) is 0. The number of carbonyl (C=O) groups excluding carboxylic acids is 1. The molecule has 96 valence electrons. The average molecular weight is 294 g/mol. The zero-order valence-electron chi connectivity index (χ0n) is 9.98. The molecule has 1 heterocycles. The number of carbonyl (C=O) groups is 1. The summed E-state index contributed by atoms with van der Waals surface area (Å²) in [6, 6.07) is 8.44. The number of Topliss-reactive ketones (excluding diaryl/α,β-unsaturated/α-hetero) is 1. The smallest absolute Gasteiger partial charge is 0.219 e. The van der Waals surface area contributed by atoms with Crippen LogP contribution in [0, 0.1) is 18.3 Å². The van der Waals surface area contributed by atoms with Gasteiger partial charge in [-0.2, -0.15) is 5.26 Å². The molecule has 0 saturated heterocycles. The molecule has 1 aromatic carbocycles. The molecule has 0 fully saturated rings. The van der Waals surface area contributed by atoms with E-state index in [0.717, 1.165) is 0 Å². The van der Waals surface area contributed by atoms with Crippen molar-refractivity contribution in [2.75, 3.05) is 0 Å². The second-order valence-corrected chi connectivity index (χ2v) is 4.81. The molecule has 0 aliphatic heterocycles. The normalized spacial score (nSPS) is 11.9. The fourth-order valence-electron chi connectivity index (χ4n) is 1.80. The molecule has 0 saturated carbocycles. The van der Waals surface area contributed by atoms with Crippen LogP contribution in [0.5, 0.6) is 0 Å². The Morgan fingerprint density at radius 2 is 1.95 bits per heavy atom. The van der Waals surface area contributed by atoms with Crippen LogP contribution in [0.2, 0.25) is 10.0 Å². The van der Waals surface area contributed by atoms with E-state index in [9.17, 15) is 10.1 Å². The number of rotatable bonds is 3. The minimum Gasteiger partial charge on any atom is -0.461 e. The third-order valence-electron chi connectivity index (χ3n) is 2.77. The third kappa shape index (κ3) is 2.51. The maximum atomic E-state index is 12.3. The van der Waals surface area contributed by atoms with Crippen LogP contribution in [-0.4, -0.2) is 5.78 Å². The second-order valence-electron chi connectivity index (χ2n) is 3.99. The number of ketones is 1. The lowest BCUT2D eigenvalue weighted by Crippen LogP contribution is -2.12. The van der Waals surface area contributed by atoms with Crippen molar-refractivity contribution in [2.45, 2.75) is 12.8 Å². The standard InChI is InChI=1S/C14H9Cl2NO2/c1-8-5-6-19-14(8)13(18)9(7-17)12-10(15)3-2-4-11(12)16/h2-6,9H,1H3. The number of aryl methyl sites for hydroxylation is 1. The van der Waals surface area contributed by atoms with Crippen LogP contribution < -0.4 is 0 Å². The van der Waals surface area contributed by atoms with E-state index in [0.29, 0.717) is 11.1 Å². The number of furan rings is 1. The van der Waals surface area contributed by atoms with Crippen LogP contribution in [0.3, 0.4) is 0 Å². The van der Waals surface area contributed by atoms with E-state index >= 15 is 0 Å². The fraction of sp³-hybridized carbons (Fsp3) is 0.143. The molecule has 0 aliphatic carbocycles. The lowest BCUT2D eigenvalue weighted by atomic mass is 9.93. The molecule has 19 heavy (non-hydrogen) atoms. The van der Waals surface area contributed by atoms with Gasteiger partial charge >= 0.3 is 0 Å². The monoisotopic (exact) mass is 293 g/mol. The van der Waals surface area contributed by atoms with Gasteiger partial charge in [-0.25, -0.2) is 0 Å². The number of hydrogen-bond acceptors (Lipinski definition) is 3. The summed E-state index contributed by atoms with van der Waals surface area (Å²) >= 11 is 12.1. The van der Waals surface area contributed by atoms with Crippen molar-refractivity contribution in [1.29, 1.82) is 5.26 Å². The lowest BCUT2D eigenvalue weighted by molar-refractivity contribution is 0.0951. The maximum absolute atomic E-state index is 12.3. The molecule has 0 N–H and O–H groups in total. The topological polar surface area (TPSA) is 54.0 Å². The van der Waals surface area contributed by atoms with E-state index in [1.807, 2.05) is 6.07 Å². The van der Waals surface area contributed by atoms with Gasteiger partial charge in [0, 0.05) is 15.6 Å². The Balaban J connectivity index is 2.50. The van der Waals surface area contributed by atoms with E-state index in [-0.39, 0.29) is 15.8 Å². The first-order valence-corrected chi connectivity index (χ1v) is 6.23. The molecule has 2 rings (SSSR count). The first-order valence-electron chi connectivity index (χ1n) is 5.48. The number of benzene rings is 1. The summed E-state index contributed by atoms with van der Waals surface area (Å²) in [6.07, 6.45) is 1.41. The number of nitrogens with zero attached hydrogens (tertiary/aromatic N) is 1. The van der Waals surface area contributed by atoms with Gasteiger partial charge in [0.2, 0.25) is 5.78 Å². The molecule has 0 spiro atoms. The molecule has 3 nitrogen and oxygen atoms in total. The largest absolute Gasteiger partial charge is 0.461 e. The van der Waals surface area contributed by atoms with E-state index < -0.39 is 11.7 Å². The van der Waals surface area contributed by atoms with Crippen molar-refractivity contribution in [3.63, 3.8) is 0 Å². The summed E-state index contributed by atoms with van der Waals surface area (Å²) in [5, 5.41) is 9.84. The molecule has 0 bridgehead atoms. The second kappa shape index (κ2) is 5.48. The van der Waals surface area contributed by atoms with Crippen LogP contribution in [-0.2, 0) is 0 Å². The van der Waals surface area contributed by atoms with Gasteiger partial charge in [-0.05, 0) is 30.7 Å². The van der Waals surface area contributed by atoms with Gasteiger partial charge in [0.25, 0.3) is 0 Å². The predicted molar refractivity (Wildman–Crippen MR) is 72.6 cm³/mol. The minimum atomic E-state index is -1.08. The first-order chi connectivity index (χ1) is 9.06. The van der Waals surface area contributed by atoms with Gasteiger partial charge in [-0.15, -0.1) is 0 Å². The van der Waals surface area contributed by atoms with Gasteiger partial charge in [-0.1, -0.05) is 29.3 Å². The lowest BCUT2D eigenvalue weighted by Gasteiger charge is -2.11. The summed E-state index contributed by atoms with van der Waals surface area (Å²) in [7, 11) is 0. The molecular weight excluding hydrogens is 285 g/mol. The minimum absolute atomic E-state index is 0.155. The molecule has 5 heteroatoms. The number of halogens is 2. The highest BCUT2D eigenvalue weighted by molar-refractivity contribution is 6.36. The fourth-order valence-corrected chi connectivity index (χ4v) is 2.41. The van der Waals surface area contributed by atoms with Crippen LogP contribution in [0.4, 0.5) is 0 Å². The quantitative estimate of drug-likeness (QED) is 0.789. The van der Waals surface area contributed by atoms with Crippen molar-refractivity contribution in [1.82, 2.24) is 0 Å². The Bertz CT molecular complexity index is 650. The molecule has 0 amide bonds. The van der Waals surface area contributed by atoms with Crippen molar-refractivity contribution in [3.8, 4) is 6.07 Å². The molecule has 0 radical (unpaired) electrons. The van der Waals surface area contributed by atoms with Gasteiger partial charge in [0.1, 0.15) is 5.92 Å². The highest BCUT2D eigenvalue weighted by atomic mass is 35.5. The Kier molecular flexibility index (Phi) is 3.94. The van der Waals surface area contributed by atoms with E-state index in [1.54, 1.807) is 31.2 Å². The Hall–Kier alpha value is -1.76. The molecule has 2 aromatic rings. The van der Waals surface area contributed by atoms with Gasteiger partial charge < -0.3 is 4.42 Å². The highest BCUT2D eigenvalue weighted by Crippen LogP contribution is 2.33. The number of nitriles is 1. The van der Waals surface area contributed by atoms with E-state index in [4.69, 9.17) is 27.6 Å². The van der Waals surface area contributed by atoms with Crippen molar-refractivity contribution in [2.24, 2.45) is 0 Å². The SMILES string of the molecule is Cc1ccoc1C(=O)C(C#N)c1c(Cl)cccc1Cl. The summed E-state index contributed by atoms with van der Waals surface area (Å²) in [5.41, 5.74) is 0.988. The molecule has 0 aliphatic rings. The predicted octanol–water partition coefficient (Wildman–Crippen LogP) is 4.38. The first kappa shape index (κ1) is 13.7. The Labute approximate surface area is 120 Å². The highest BCUT2D eigenvalue weighted by Gasteiger charge is 2.29. The zero-order valence-corrected chi connectivity index (χ0v) is 11.5. The van der Waals surface area contributed by atoms with Gasteiger partial charge in [-0.3, -0.25) is 4.79 Å². The van der Waals surface area contributed by atoms with Crippen LogP contribution >= 0.6 is 23.2 Å². The Morgan fingerprint density at radius 1 is 1.32 bits per heavy atom. The van der Waals surface area contributed by atoms with Crippen molar-refractivity contribution in [3.05, 3.63) is 57.5 Å². The maximum Gasteiger partial charge on any atom is 0.219 e. The van der Waals surface area contributed by atoms with E-state index in [1.165, 1.54) is 6.26 Å². The van der Waals surface area contributed by atoms with Crippen LogP contribution in [0.15, 0.2) is 34.9 Å².